The molecule has 0 aromatic heterocycles. The molecule has 2 N–H and O–H groups in total. The van der Waals surface area contributed by atoms with Crippen LogP contribution in [-0.4, -0.2) is 39.8 Å². The number of nitrogens with one attached hydrogen (secondary N) is 2. The van der Waals surface area contributed by atoms with Crippen molar-refractivity contribution in [2.45, 2.75) is 29.7 Å². The summed E-state index contributed by atoms with van der Waals surface area (Å²) in [6.45, 7) is 3.87. The van der Waals surface area contributed by atoms with Gasteiger partial charge in [0.05, 0.1) is 17.1 Å². The zero-order valence-electron chi connectivity index (χ0n) is 16.5. The fourth-order valence-electron chi connectivity index (χ4n) is 2.68. The molecule has 9 heteroatoms. The summed E-state index contributed by atoms with van der Waals surface area (Å²) in [5, 5.41) is 2.79. The summed E-state index contributed by atoms with van der Waals surface area (Å²) < 4.78 is 39.5. The predicted molar refractivity (Wildman–Crippen MR) is 113 cm³/mol. The quantitative estimate of drug-likeness (QED) is 0.648. The number of carbonyl (C=O) groups excluding carboxylic acids is 1. The van der Waals surface area contributed by atoms with Crippen molar-refractivity contribution in [1.29, 1.82) is 0 Å². The Morgan fingerprint density at radius 3 is 2.62 bits per heavy atom. The average molecular weight is 437 g/mol. The van der Waals surface area contributed by atoms with Gasteiger partial charge in [-0.1, -0.05) is 26.0 Å². The Morgan fingerprint density at radius 2 is 1.93 bits per heavy atom. The van der Waals surface area contributed by atoms with Crippen molar-refractivity contribution < 1.29 is 22.7 Å². The van der Waals surface area contributed by atoms with Gasteiger partial charge in [0, 0.05) is 10.8 Å². The highest BCUT2D eigenvalue weighted by atomic mass is 32.2. The Balaban J connectivity index is 1.71. The van der Waals surface area contributed by atoms with Gasteiger partial charge in [-0.15, -0.1) is 11.8 Å². The number of sulfonamides is 1. The Morgan fingerprint density at radius 1 is 1.21 bits per heavy atom. The SMILES string of the molecule is CSc1ccc(S(=O)(=O)NCC2COc3ccccc3O2)cc1NC(=O)C(C)C. The highest BCUT2D eigenvalue weighted by molar-refractivity contribution is 7.98. The standard InChI is InChI=1S/C20H24N2O5S2/c1-13(2)20(23)22-16-10-15(8-9-19(16)28-3)29(24,25)21-11-14-12-26-17-6-4-5-7-18(17)27-14/h4-10,13-14,21H,11-12H2,1-3H3,(H,22,23). The van der Waals surface area contributed by atoms with Crippen LogP contribution in [0.1, 0.15) is 13.8 Å². The summed E-state index contributed by atoms with van der Waals surface area (Å²) in [6, 6.07) is 11.9. The summed E-state index contributed by atoms with van der Waals surface area (Å²) in [5.74, 6) is 0.847. The molecule has 2 aromatic rings. The van der Waals surface area contributed by atoms with Crippen molar-refractivity contribution in [2.24, 2.45) is 5.92 Å². The molecule has 1 aliphatic heterocycles. The van der Waals surface area contributed by atoms with E-state index in [1.54, 1.807) is 32.0 Å². The predicted octanol–water partition coefficient (Wildman–Crippen LogP) is 3.12. The smallest absolute Gasteiger partial charge is 0.240 e. The zero-order chi connectivity index (χ0) is 21.0. The molecular formula is C20H24N2O5S2. The van der Waals surface area contributed by atoms with Gasteiger partial charge in [0.15, 0.2) is 11.5 Å². The molecule has 0 saturated heterocycles. The van der Waals surface area contributed by atoms with Gasteiger partial charge in [0.25, 0.3) is 0 Å². The minimum Gasteiger partial charge on any atom is -0.486 e. The van der Waals surface area contributed by atoms with Crippen LogP contribution in [0.4, 0.5) is 5.69 Å². The number of thioether (sulfide) groups is 1. The van der Waals surface area contributed by atoms with E-state index in [0.717, 1.165) is 4.90 Å². The summed E-state index contributed by atoms with van der Waals surface area (Å²) in [5.41, 5.74) is 0.477. The lowest BCUT2D eigenvalue weighted by Gasteiger charge is -2.26. The van der Waals surface area contributed by atoms with Gasteiger partial charge in [-0.2, -0.15) is 0 Å². The van der Waals surface area contributed by atoms with Crippen molar-refractivity contribution in [3.63, 3.8) is 0 Å². The molecule has 156 valence electrons. The summed E-state index contributed by atoms with van der Waals surface area (Å²) in [7, 11) is -3.79. The summed E-state index contributed by atoms with van der Waals surface area (Å²) >= 11 is 1.43. The third kappa shape index (κ3) is 5.23. The highest BCUT2D eigenvalue weighted by Gasteiger charge is 2.24. The molecule has 7 nitrogen and oxygen atoms in total. The number of amides is 1. The fourth-order valence-corrected chi connectivity index (χ4v) is 4.30. The lowest BCUT2D eigenvalue weighted by Crippen LogP contribution is -2.40. The number of fused-ring (bicyclic) bond motifs is 1. The van der Waals surface area contributed by atoms with Crippen molar-refractivity contribution in [3.8, 4) is 11.5 Å². The van der Waals surface area contributed by atoms with Gasteiger partial charge >= 0.3 is 0 Å². The van der Waals surface area contributed by atoms with Crippen LogP contribution in [0, 0.1) is 5.92 Å². The maximum Gasteiger partial charge on any atom is 0.240 e. The normalized spacial score (nSPS) is 15.9. The second-order valence-electron chi connectivity index (χ2n) is 6.86. The van der Waals surface area contributed by atoms with E-state index in [1.807, 2.05) is 18.4 Å². The van der Waals surface area contributed by atoms with Gasteiger partial charge in [-0.3, -0.25) is 4.79 Å². The van der Waals surface area contributed by atoms with Crippen LogP contribution in [0.3, 0.4) is 0 Å². The molecule has 1 unspecified atom stereocenters. The molecule has 1 atom stereocenters. The molecule has 1 aliphatic rings. The van der Waals surface area contributed by atoms with Crippen LogP contribution in [-0.2, 0) is 14.8 Å². The van der Waals surface area contributed by atoms with E-state index in [1.165, 1.54) is 23.9 Å². The summed E-state index contributed by atoms with van der Waals surface area (Å²) in [6.07, 6.45) is 1.43. The molecule has 2 aromatic carbocycles. The maximum absolute atomic E-state index is 12.8. The van der Waals surface area contributed by atoms with Gasteiger partial charge in [0.1, 0.15) is 12.7 Å². The van der Waals surface area contributed by atoms with Gasteiger partial charge in [0.2, 0.25) is 15.9 Å². The van der Waals surface area contributed by atoms with E-state index in [-0.39, 0.29) is 29.9 Å². The first-order valence-electron chi connectivity index (χ1n) is 9.17. The number of carbonyl (C=O) groups is 1. The fraction of sp³-hybridized carbons (Fsp3) is 0.350. The number of para-hydroxylation sites is 2. The molecule has 3 rings (SSSR count). The van der Waals surface area contributed by atoms with Gasteiger partial charge in [-0.25, -0.2) is 13.1 Å². The molecule has 0 bridgehead atoms. The second kappa shape index (κ2) is 9.06. The maximum atomic E-state index is 12.8. The van der Waals surface area contributed by atoms with Crippen LogP contribution < -0.4 is 19.5 Å². The lowest BCUT2D eigenvalue weighted by atomic mass is 10.2. The van der Waals surface area contributed by atoms with E-state index in [2.05, 4.69) is 10.0 Å². The summed E-state index contributed by atoms with van der Waals surface area (Å²) in [4.78, 5) is 12.9. The highest BCUT2D eigenvalue weighted by Crippen LogP contribution is 2.31. The van der Waals surface area contributed by atoms with Crippen LogP contribution in [0.2, 0.25) is 0 Å². The topological polar surface area (TPSA) is 93.7 Å². The van der Waals surface area contributed by atoms with Crippen LogP contribution in [0.5, 0.6) is 11.5 Å². The minimum absolute atomic E-state index is 0.0641. The Hall–Kier alpha value is -2.23. The van der Waals surface area contributed by atoms with Crippen molar-refractivity contribution >= 4 is 33.4 Å². The molecular weight excluding hydrogens is 412 g/mol. The Kier molecular flexibility index (Phi) is 6.71. The van der Waals surface area contributed by atoms with Gasteiger partial charge in [-0.05, 0) is 36.6 Å². The molecule has 1 amide bonds. The first kappa shape index (κ1) is 21.5. The molecule has 29 heavy (non-hydrogen) atoms. The lowest BCUT2D eigenvalue weighted by molar-refractivity contribution is -0.118. The number of anilines is 1. The second-order valence-corrected chi connectivity index (χ2v) is 9.47. The molecule has 1 heterocycles. The van der Waals surface area contributed by atoms with Gasteiger partial charge < -0.3 is 14.8 Å². The molecule has 0 spiro atoms. The van der Waals surface area contributed by atoms with Crippen molar-refractivity contribution in [2.75, 3.05) is 24.7 Å². The Bertz CT molecular complexity index is 992. The van der Waals surface area contributed by atoms with Crippen LogP contribution >= 0.6 is 11.8 Å². The van der Waals surface area contributed by atoms with E-state index in [0.29, 0.717) is 17.2 Å². The van der Waals surface area contributed by atoms with Crippen LogP contribution in [0.15, 0.2) is 52.3 Å². The molecule has 0 aliphatic carbocycles. The number of hydrogen-bond acceptors (Lipinski definition) is 6. The minimum atomic E-state index is -3.79. The molecule has 0 radical (unpaired) electrons. The van der Waals surface area contributed by atoms with E-state index >= 15 is 0 Å². The first-order chi connectivity index (χ1) is 13.8. The molecule has 0 fully saturated rings. The van der Waals surface area contributed by atoms with E-state index in [4.69, 9.17) is 9.47 Å². The average Bonchev–Trinajstić information content (AvgIpc) is 2.72. The monoisotopic (exact) mass is 436 g/mol. The molecule has 0 saturated carbocycles. The van der Waals surface area contributed by atoms with E-state index < -0.39 is 16.1 Å². The first-order valence-corrected chi connectivity index (χ1v) is 11.9. The van der Waals surface area contributed by atoms with Crippen molar-refractivity contribution in [3.05, 3.63) is 42.5 Å². The van der Waals surface area contributed by atoms with Crippen LogP contribution in [0.25, 0.3) is 0 Å². The number of benzene rings is 2. The third-order valence-electron chi connectivity index (χ3n) is 4.33. The number of ether oxygens (including phenoxy) is 2. The largest absolute Gasteiger partial charge is 0.486 e. The van der Waals surface area contributed by atoms with E-state index in [9.17, 15) is 13.2 Å². The van der Waals surface area contributed by atoms with Crippen molar-refractivity contribution in [1.82, 2.24) is 4.72 Å². The number of hydrogen-bond donors (Lipinski definition) is 2. The Labute approximate surface area is 175 Å². The third-order valence-corrected chi connectivity index (χ3v) is 6.55. The zero-order valence-corrected chi connectivity index (χ0v) is 18.1. The number of rotatable bonds is 7.